The molecule has 1 heterocycles. The van der Waals surface area contributed by atoms with E-state index in [0.717, 1.165) is 0 Å². The fourth-order valence-electron chi connectivity index (χ4n) is 2.17. The molecule has 1 aliphatic heterocycles. The zero-order chi connectivity index (χ0) is 16.2. The second kappa shape index (κ2) is 7.30. The molecule has 0 saturated carbocycles. The molecule has 1 aliphatic rings. The average Bonchev–Trinajstić information content (AvgIpc) is 2.47. The third-order valence-corrected chi connectivity index (χ3v) is 5.33. The summed E-state index contributed by atoms with van der Waals surface area (Å²) in [5.41, 5.74) is 5.91. The van der Waals surface area contributed by atoms with E-state index in [0.29, 0.717) is 30.7 Å². The molecule has 0 radical (unpaired) electrons. The number of morpholine rings is 1. The van der Waals surface area contributed by atoms with Crippen molar-refractivity contribution in [3.8, 4) is 0 Å². The summed E-state index contributed by atoms with van der Waals surface area (Å²) < 4.78 is 29.8. The second-order valence-corrected chi connectivity index (χ2v) is 7.69. The van der Waals surface area contributed by atoms with Gasteiger partial charge in [-0.15, -0.1) is 0 Å². The van der Waals surface area contributed by atoms with Crippen LogP contribution in [0.25, 0.3) is 0 Å². The highest BCUT2D eigenvalue weighted by Gasteiger charge is 2.18. The van der Waals surface area contributed by atoms with Gasteiger partial charge in [-0.1, -0.05) is 11.6 Å². The Balaban J connectivity index is 1.94. The van der Waals surface area contributed by atoms with Crippen LogP contribution in [-0.2, 0) is 14.6 Å². The molecule has 1 aromatic carbocycles. The molecular formula is C14H20ClN3O3S. The molecule has 2 rings (SSSR count). The molecule has 22 heavy (non-hydrogen) atoms. The highest BCUT2D eigenvalue weighted by Crippen LogP contribution is 2.15. The van der Waals surface area contributed by atoms with Crippen LogP contribution in [0.3, 0.4) is 0 Å². The number of rotatable bonds is 4. The van der Waals surface area contributed by atoms with Crippen molar-refractivity contribution in [1.29, 1.82) is 0 Å². The van der Waals surface area contributed by atoms with Gasteiger partial charge < -0.3 is 15.4 Å². The number of guanidine groups is 1. The second-order valence-electron chi connectivity index (χ2n) is 5.14. The molecule has 2 N–H and O–H groups in total. The number of hydrogen-bond acceptors (Lipinski definition) is 4. The molecule has 1 aromatic rings. The molecule has 6 nitrogen and oxygen atoms in total. The van der Waals surface area contributed by atoms with Gasteiger partial charge >= 0.3 is 0 Å². The Morgan fingerprint density at radius 2 is 2.14 bits per heavy atom. The molecule has 0 aromatic heterocycles. The van der Waals surface area contributed by atoms with Gasteiger partial charge in [0.2, 0.25) is 0 Å². The number of hydrogen-bond donors (Lipinski definition) is 1. The van der Waals surface area contributed by atoms with Gasteiger partial charge in [-0.2, -0.15) is 0 Å². The Morgan fingerprint density at radius 3 is 2.77 bits per heavy atom. The third-order valence-electron chi connectivity index (χ3n) is 3.37. The minimum absolute atomic E-state index is 0.0881. The van der Waals surface area contributed by atoms with E-state index in [1.54, 1.807) is 12.1 Å². The predicted molar refractivity (Wildman–Crippen MR) is 87.0 cm³/mol. The fraction of sp³-hybridized carbons (Fsp3) is 0.500. The summed E-state index contributed by atoms with van der Waals surface area (Å²) in [4.78, 5) is 6.32. The first kappa shape index (κ1) is 17.1. The smallest absolute Gasteiger partial charge is 0.191 e. The van der Waals surface area contributed by atoms with Crippen LogP contribution < -0.4 is 5.73 Å². The van der Waals surface area contributed by atoms with E-state index in [4.69, 9.17) is 22.1 Å². The van der Waals surface area contributed by atoms with Crippen molar-refractivity contribution in [2.24, 2.45) is 10.7 Å². The zero-order valence-electron chi connectivity index (χ0n) is 12.4. The van der Waals surface area contributed by atoms with Gasteiger partial charge in [0.25, 0.3) is 0 Å². The number of sulfone groups is 1. The van der Waals surface area contributed by atoms with Gasteiger partial charge in [-0.05, 0) is 31.2 Å². The van der Waals surface area contributed by atoms with Crippen molar-refractivity contribution in [3.05, 3.63) is 29.3 Å². The van der Waals surface area contributed by atoms with Crippen LogP contribution in [0.4, 0.5) is 0 Å². The Labute approximate surface area is 135 Å². The summed E-state index contributed by atoms with van der Waals surface area (Å²) in [6.07, 6.45) is 0.0975. The maximum absolute atomic E-state index is 12.2. The number of halogens is 1. The van der Waals surface area contributed by atoms with Crippen molar-refractivity contribution in [3.63, 3.8) is 0 Å². The van der Waals surface area contributed by atoms with Crippen LogP contribution in [0.2, 0.25) is 5.02 Å². The van der Waals surface area contributed by atoms with Crippen LogP contribution in [0.15, 0.2) is 34.2 Å². The van der Waals surface area contributed by atoms with Crippen LogP contribution in [0.5, 0.6) is 0 Å². The van der Waals surface area contributed by atoms with E-state index in [9.17, 15) is 8.42 Å². The standard InChI is InChI=1S/C14H20ClN3O3S/c1-11-10-18(7-8-21-11)14(16)17-6-9-22(19,20)13-4-2-12(15)3-5-13/h2-5,11H,6-10H2,1H3,(H2,16,17). The topological polar surface area (TPSA) is 85.0 Å². The molecule has 1 unspecified atom stereocenters. The quantitative estimate of drug-likeness (QED) is 0.653. The van der Waals surface area contributed by atoms with Crippen molar-refractivity contribution in [2.75, 3.05) is 32.0 Å². The minimum atomic E-state index is -3.38. The first-order chi connectivity index (χ1) is 10.4. The maximum atomic E-state index is 12.2. The lowest BCUT2D eigenvalue weighted by Crippen LogP contribution is -2.48. The molecule has 1 saturated heterocycles. The predicted octanol–water partition coefficient (Wildman–Crippen LogP) is 1.15. The van der Waals surface area contributed by atoms with E-state index in [2.05, 4.69) is 4.99 Å². The molecular weight excluding hydrogens is 326 g/mol. The summed E-state index contributed by atoms with van der Waals surface area (Å²) in [7, 11) is -3.38. The van der Waals surface area contributed by atoms with Crippen LogP contribution in [-0.4, -0.2) is 57.4 Å². The normalized spacial score (nSPS) is 20.2. The lowest BCUT2D eigenvalue weighted by atomic mass is 10.3. The van der Waals surface area contributed by atoms with E-state index in [-0.39, 0.29) is 23.3 Å². The number of nitrogens with zero attached hydrogens (tertiary/aromatic N) is 2. The van der Waals surface area contributed by atoms with Crippen LogP contribution in [0, 0.1) is 0 Å². The Hall–Kier alpha value is -1.31. The number of nitrogens with two attached hydrogens (primary N) is 1. The van der Waals surface area contributed by atoms with E-state index < -0.39 is 9.84 Å². The monoisotopic (exact) mass is 345 g/mol. The third kappa shape index (κ3) is 4.59. The van der Waals surface area contributed by atoms with E-state index >= 15 is 0 Å². The minimum Gasteiger partial charge on any atom is -0.375 e. The molecule has 1 atom stereocenters. The molecule has 0 bridgehead atoms. The number of aliphatic imine (C=N–C) groups is 1. The molecule has 0 amide bonds. The van der Waals surface area contributed by atoms with Crippen molar-refractivity contribution < 1.29 is 13.2 Å². The zero-order valence-corrected chi connectivity index (χ0v) is 14.0. The maximum Gasteiger partial charge on any atom is 0.191 e. The van der Waals surface area contributed by atoms with Crippen LogP contribution >= 0.6 is 11.6 Å². The van der Waals surface area contributed by atoms with Gasteiger partial charge in [0, 0.05) is 18.1 Å². The summed E-state index contributed by atoms with van der Waals surface area (Å²) in [5.74, 6) is 0.274. The van der Waals surface area contributed by atoms with Crippen molar-refractivity contribution in [1.82, 2.24) is 4.90 Å². The molecule has 122 valence electrons. The highest BCUT2D eigenvalue weighted by atomic mass is 35.5. The fourth-order valence-corrected chi connectivity index (χ4v) is 3.41. The Kier molecular flexibility index (Phi) is 5.66. The number of ether oxygens (including phenoxy) is 1. The summed E-state index contributed by atoms with van der Waals surface area (Å²) in [5, 5.41) is 0.502. The number of benzene rings is 1. The van der Waals surface area contributed by atoms with Crippen molar-refractivity contribution >= 4 is 27.4 Å². The first-order valence-corrected chi connectivity index (χ1v) is 9.06. The van der Waals surface area contributed by atoms with Gasteiger partial charge in [0.1, 0.15) is 0 Å². The van der Waals surface area contributed by atoms with Gasteiger partial charge in [-0.3, -0.25) is 4.99 Å². The first-order valence-electron chi connectivity index (χ1n) is 7.03. The van der Waals surface area contributed by atoms with Gasteiger partial charge in [0.15, 0.2) is 15.8 Å². The van der Waals surface area contributed by atoms with Gasteiger partial charge in [0.05, 0.1) is 29.9 Å². The molecule has 0 spiro atoms. The lowest BCUT2D eigenvalue weighted by molar-refractivity contribution is 0.00531. The Bertz CT molecular complexity index is 631. The van der Waals surface area contributed by atoms with E-state index in [1.807, 2.05) is 11.8 Å². The molecule has 0 aliphatic carbocycles. The van der Waals surface area contributed by atoms with Crippen LogP contribution in [0.1, 0.15) is 6.92 Å². The van der Waals surface area contributed by atoms with E-state index in [1.165, 1.54) is 12.1 Å². The average molecular weight is 346 g/mol. The summed E-state index contributed by atoms with van der Waals surface area (Å²) in [6.45, 7) is 4.02. The summed E-state index contributed by atoms with van der Waals surface area (Å²) >= 11 is 5.76. The largest absolute Gasteiger partial charge is 0.375 e. The molecule has 8 heteroatoms. The lowest BCUT2D eigenvalue weighted by Gasteiger charge is -2.31. The molecule has 1 fully saturated rings. The summed E-state index contributed by atoms with van der Waals surface area (Å²) in [6, 6.07) is 6.10. The highest BCUT2D eigenvalue weighted by molar-refractivity contribution is 7.91. The Morgan fingerprint density at radius 1 is 1.45 bits per heavy atom. The van der Waals surface area contributed by atoms with Crippen molar-refractivity contribution in [2.45, 2.75) is 17.9 Å². The van der Waals surface area contributed by atoms with Gasteiger partial charge in [-0.25, -0.2) is 8.42 Å². The SMILES string of the molecule is CC1CN(C(N)=NCCS(=O)(=O)c2ccc(Cl)cc2)CCO1.